The van der Waals surface area contributed by atoms with Crippen LogP contribution < -0.4 is 0 Å². The monoisotopic (exact) mass is 343 g/mol. The van der Waals surface area contributed by atoms with Gasteiger partial charge in [0.2, 0.25) is 0 Å². The number of phenols is 1. The second kappa shape index (κ2) is 7.77. The van der Waals surface area contributed by atoms with Gasteiger partial charge in [0, 0.05) is 18.2 Å². The highest BCUT2D eigenvalue weighted by Crippen LogP contribution is 2.41. The highest BCUT2D eigenvalue weighted by atomic mass is 16.5. The molecule has 0 aliphatic heterocycles. The van der Waals surface area contributed by atoms with Crippen molar-refractivity contribution in [3.05, 3.63) is 52.8 Å². The summed E-state index contributed by atoms with van der Waals surface area (Å²) in [5.41, 5.74) is 3.55. The fourth-order valence-electron chi connectivity index (χ4n) is 3.60. The first-order valence-corrected chi connectivity index (χ1v) is 9.11. The molecule has 1 aromatic heterocycles. The van der Waals surface area contributed by atoms with Gasteiger partial charge >= 0.3 is 5.97 Å². The van der Waals surface area contributed by atoms with E-state index in [2.05, 4.69) is 26.1 Å². The normalized spacial score (nSPS) is 11.6. The molecule has 1 N–H and O–H groups in total. The number of aromatic nitrogens is 1. The second-order valence-electron chi connectivity index (χ2n) is 6.41. The lowest BCUT2D eigenvalue weighted by Crippen LogP contribution is -2.25. The van der Waals surface area contributed by atoms with Crippen molar-refractivity contribution in [1.29, 1.82) is 0 Å². The topological polar surface area (TPSA) is 51.5 Å². The van der Waals surface area contributed by atoms with E-state index in [0.717, 1.165) is 29.5 Å². The summed E-state index contributed by atoms with van der Waals surface area (Å²) in [4.78, 5) is 12.3. The Balaban J connectivity index is 2.60. The van der Waals surface area contributed by atoms with Crippen molar-refractivity contribution in [3.63, 3.8) is 0 Å². The summed E-state index contributed by atoms with van der Waals surface area (Å²) in [6.45, 7) is 11.2. The first kappa shape index (κ1) is 19.1. The van der Waals surface area contributed by atoms with Crippen molar-refractivity contribution in [2.75, 3.05) is 6.61 Å². The van der Waals surface area contributed by atoms with Gasteiger partial charge < -0.3 is 14.4 Å². The van der Waals surface area contributed by atoms with Gasteiger partial charge in [-0.25, -0.2) is 4.79 Å². The van der Waals surface area contributed by atoms with Gasteiger partial charge in [-0.3, -0.25) is 0 Å². The van der Waals surface area contributed by atoms with Gasteiger partial charge in [0.25, 0.3) is 0 Å². The Morgan fingerprint density at radius 1 is 1.12 bits per heavy atom. The van der Waals surface area contributed by atoms with Gasteiger partial charge in [0.05, 0.1) is 6.61 Å². The number of carbonyl (C=O) groups is 1. The summed E-state index contributed by atoms with van der Waals surface area (Å²) in [7, 11) is 0. The molecule has 0 aliphatic carbocycles. The molecule has 2 aromatic rings. The van der Waals surface area contributed by atoms with Crippen LogP contribution >= 0.6 is 0 Å². The zero-order chi connectivity index (χ0) is 18.6. The molecule has 136 valence electrons. The van der Waals surface area contributed by atoms with Crippen LogP contribution in [0.5, 0.6) is 5.75 Å². The number of esters is 1. The molecule has 0 saturated carbocycles. The number of aromatic hydroxyl groups is 1. The van der Waals surface area contributed by atoms with Gasteiger partial charge in [-0.15, -0.1) is 0 Å². The molecular weight excluding hydrogens is 314 g/mol. The van der Waals surface area contributed by atoms with E-state index >= 15 is 0 Å². The molecule has 0 aliphatic rings. The number of phenolic OH excluding ortho intramolecular Hbond substituents is 1. The number of hydrogen-bond acceptors (Lipinski definition) is 3. The SMILES string of the molecule is CCOC(=O)c1cc(C(CC)(CC)c2ccc(O)c(C)c2)cn1CC. The van der Waals surface area contributed by atoms with Crippen molar-refractivity contribution in [1.82, 2.24) is 4.57 Å². The maximum absolute atomic E-state index is 12.3. The molecule has 0 fully saturated rings. The van der Waals surface area contributed by atoms with Gasteiger partial charge in [0.15, 0.2) is 0 Å². The van der Waals surface area contributed by atoms with Crippen LogP contribution in [-0.2, 0) is 16.7 Å². The molecular formula is C21H29NO3. The van der Waals surface area contributed by atoms with E-state index in [4.69, 9.17) is 4.74 Å². The Hall–Kier alpha value is -2.23. The lowest BCUT2D eigenvalue weighted by molar-refractivity contribution is 0.0514. The van der Waals surface area contributed by atoms with Crippen LogP contribution in [0.25, 0.3) is 0 Å². The van der Waals surface area contributed by atoms with Crippen molar-refractivity contribution < 1.29 is 14.6 Å². The maximum atomic E-state index is 12.3. The van der Waals surface area contributed by atoms with Crippen molar-refractivity contribution in [3.8, 4) is 5.75 Å². The van der Waals surface area contributed by atoms with Crippen LogP contribution in [0.2, 0.25) is 0 Å². The number of ether oxygens (including phenoxy) is 1. The predicted molar refractivity (Wildman–Crippen MR) is 100 cm³/mol. The average Bonchev–Trinajstić information content (AvgIpc) is 3.04. The summed E-state index contributed by atoms with van der Waals surface area (Å²) >= 11 is 0. The van der Waals surface area contributed by atoms with Gasteiger partial charge in [0.1, 0.15) is 11.4 Å². The molecule has 0 radical (unpaired) electrons. The minimum atomic E-state index is -0.279. The third-order valence-corrected chi connectivity index (χ3v) is 5.23. The zero-order valence-corrected chi connectivity index (χ0v) is 15.9. The lowest BCUT2D eigenvalue weighted by atomic mass is 9.71. The fraction of sp³-hybridized carbons (Fsp3) is 0.476. The van der Waals surface area contributed by atoms with Crippen LogP contribution in [0.4, 0.5) is 0 Å². The molecule has 4 nitrogen and oxygen atoms in total. The molecule has 1 heterocycles. The molecule has 0 amide bonds. The molecule has 25 heavy (non-hydrogen) atoms. The van der Waals surface area contributed by atoms with Crippen LogP contribution in [0, 0.1) is 6.92 Å². The van der Waals surface area contributed by atoms with E-state index in [1.165, 1.54) is 0 Å². The van der Waals surface area contributed by atoms with E-state index in [-0.39, 0.29) is 11.4 Å². The number of hydrogen-bond donors (Lipinski definition) is 1. The molecule has 0 unspecified atom stereocenters. The summed E-state index contributed by atoms with van der Waals surface area (Å²) in [6.07, 6.45) is 3.88. The van der Waals surface area contributed by atoms with Crippen molar-refractivity contribution in [2.24, 2.45) is 0 Å². The number of rotatable bonds is 7. The molecule has 4 heteroatoms. The molecule has 2 rings (SSSR count). The number of benzene rings is 1. The first-order valence-electron chi connectivity index (χ1n) is 9.11. The van der Waals surface area contributed by atoms with Crippen LogP contribution in [0.15, 0.2) is 30.5 Å². The molecule has 0 bridgehead atoms. The van der Waals surface area contributed by atoms with E-state index < -0.39 is 0 Å². The fourth-order valence-corrected chi connectivity index (χ4v) is 3.60. The van der Waals surface area contributed by atoms with Crippen LogP contribution in [0.1, 0.15) is 67.7 Å². The highest BCUT2D eigenvalue weighted by Gasteiger charge is 2.33. The Labute approximate surface area is 150 Å². The zero-order valence-electron chi connectivity index (χ0n) is 15.9. The standard InChI is InChI=1S/C21H29NO3/c1-6-21(7-2,16-10-11-19(23)15(5)12-16)17-13-18(20(24)25-9-4)22(8-3)14-17/h10-14,23H,6-9H2,1-5H3. The minimum absolute atomic E-state index is 0.194. The minimum Gasteiger partial charge on any atom is -0.508 e. The smallest absolute Gasteiger partial charge is 0.354 e. The Kier molecular flexibility index (Phi) is 5.93. The summed E-state index contributed by atoms with van der Waals surface area (Å²) in [6, 6.07) is 7.77. The van der Waals surface area contributed by atoms with Crippen LogP contribution in [0.3, 0.4) is 0 Å². The third-order valence-electron chi connectivity index (χ3n) is 5.23. The van der Waals surface area contributed by atoms with E-state index in [1.54, 1.807) is 6.07 Å². The van der Waals surface area contributed by atoms with E-state index in [9.17, 15) is 9.90 Å². The first-order chi connectivity index (χ1) is 11.9. The highest BCUT2D eigenvalue weighted by molar-refractivity contribution is 5.88. The van der Waals surface area contributed by atoms with E-state index in [1.807, 2.05) is 37.5 Å². The Morgan fingerprint density at radius 2 is 1.80 bits per heavy atom. The van der Waals surface area contributed by atoms with E-state index in [0.29, 0.717) is 24.6 Å². The van der Waals surface area contributed by atoms with Crippen LogP contribution in [-0.4, -0.2) is 22.2 Å². The maximum Gasteiger partial charge on any atom is 0.354 e. The summed E-state index contributed by atoms with van der Waals surface area (Å²) in [5.74, 6) is 0.0294. The largest absolute Gasteiger partial charge is 0.508 e. The molecule has 1 aromatic carbocycles. The molecule has 0 saturated heterocycles. The average molecular weight is 343 g/mol. The predicted octanol–water partition coefficient (Wildman–Crippen LogP) is 4.80. The Bertz CT molecular complexity index is 742. The van der Waals surface area contributed by atoms with Crippen molar-refractivity contribution in [2.45, 2.75) is 59.4 Å². The van der Waals surface area contributed by atoms with Gasteiger partial charge in [-0.2, -0.15) is 0 Å². The summed E-state index contributed by atoms with van der Waals surface area (Å²) < 4.78 is 7.17. The van der Waals surface area contributed by atoms with Gasteiger partial charge in [-0.05, 0) is 62.4 Å². The van der Waals surface area contributed by atoms with Crippen molar-refractivity contribution >= 4 is 5.97 Å². The molecule has 0 spiro atoms. The Morgan fingerprint density at radius 3 is 2.32 bits per heavy atom. The third kappa shape index (κ3) is 3.44. The second-order valence-corrected chi connectivity index (χ2v) is 6.41. The lowest BCUT2D eigenvalue weighted by Gasteiger charge is -2.32. The number of nitrogens with zero attached hydrogens (tertiary/aromatic N) is 1. The summed E-state index contributed by atoms with van der Waals surface area (Å²) in [5, 5.41) is 9.88. The number of carbonyl (C=O) groups excluding carboxylic acids is 1. The number of aryl methyl sites for hydroxylation is 2. The molecule has 0 atom stereocenters. The quantitative estimate of drug-likeness (QED) is 0.734. The van der Waals surface area contributed by atoms with Gasteiger partial charge in [-0.1, -0.05) is 26.0 Å².